The summed E-state index contributed by atoms with van der Waals surface area (Å²) in [4.78, 5) is 19.6. The Balaban J connectivity index is 1.39. The molecular weight excluding hydrogens is 296 g/mol. The molecule has 2 N–H and O–H groups in total. The van der Waals surface area contributed by atoms with Gasteiger partial charge in [-0.3, -0.25) is 4.79 Å². The van der Waals surface area contributed by atoms with E-state index < -0.39 is 0 Å². The van der Waals surface area contributed by atoms with E-state index >= 15 is 0 Å². The van der Waals surface area contributed by atoms with Crippen LogP contribution in [0.3, 0.4) is 0 Å². The van der Waals surface area contributed by atoms with E-state index in [0.29, 0.717) is 30.7 Å². The lowest BCUT2D eigenvalue weighted by molar-refractivity contribution is 0.0612. The van der Waals surface area contributed by atoms with Gasteiger partial charge in [-0.25, -0.2) is 0 Å². The maximum Gasteiger partial charge on any atom is 0.267 e. The molecule has 122 valence electrons. The molecule has 7 heteroatoms. The third-order valence-corrected chi connectivity index (χ3v) is 4.56. The molecule has 1 saturated carbocycles. The standard InChI is InChI=1S/C16H20N4O3/c1-9-4-6-17-12(9)15(21)18-8-11-5-7-22-13(11)16-19-14(20-23-16)10-2-3-10/h4,6,10-11,13,17H,2-3,5,7-8H2,1H3,(H,18,21)/t11-,13-/m0/s1. The zero-order valence-corrected chi connectivity index (χ0v) is 13.0. The molecule has 4 rings (SSSR count). The maximum atomic E-state index is 12.2. The Morgan fingerprint density at radius 3 is 3.04 bits per heavy atom. The number of nitrogens with zero attached hydrogens (tertiary/aromatic N) is 2. The molecule has 23 heavy (non-hydrogen) atoms. The number of aromatic nitrogens is 3. The number of aromatic amines is 1. The average Bonchev–Trinajstić information content (AvgIpc) is 2.96. The molecule has 0 unspecified atom stereocenters. The van der Waals surface area contributed by atoms with E-state index in [1.807, 2.05) is 13.0 Å². The van der Waals surface area contributed by atoms with Gasteiger partial charge in [0.25, 0.3) is 11.8 Å². The van der Waals surface area contributed by atoms with Gasteiger partial charge in [-0.05, 0) is 37.8 Å². The van der Waals surface area contributed by atoms with Crippen molar-refractivity contribution >= 4 is 5.91 Å². The topological polar surface area (TPSA) is 93.0 Å². The van der Waals surface area contributed by atoms with E-state index in [-0.39, 0.29) is 17.9 Å². The van der Waals surface area contributed by atoms with Crippen molar-refractivity contribution in [2.24, 2.45) is 5.92 Å². The molecule has 1 amide bonds. The van der Waals surface area contributed by atoms with Crippen LogP contribution in [0.25, 0.3) is 0 Å². The first-order chi connectivity index (χ1) is 11.2. The minimum Gasteiger partial charge on any atom is -0.368 e. The number of carbonyl (C=O) groups excluding carboxylic acids is 1. The molecule has 2 atom stereocenters. The minimum absolute atomic E-state index is 0.0950. The van der Waals surface area contributed by atoms with Crippen LogP contribution in [0.4, 0.5) is 0 Å². The monoisotopic (exact) mass is 316 g/mol. The van der Waals surface area contributed by atoms with Gasteiger partial charge in [0.1, 0.15) is 11.8 Å². The molecule has 1 aliphatic carbocycles. The van der Waals surface area contributed by atoms with Crippen molar-refractivity contribution in [2.75, 3.05) is 13.2 Å². The van der Waals surface area contributed by atoms with Crippen LogP contribution in [-0.4, -0.2) is 34.2 Å². The lowest BCUT2D eigenvalue weighted by atomic mass is 10.0. The number of rotatable bonds is 5. The van der Waals surface area contributed by atoms with E-state index in [2.05, 4.69) is 20.4 Å². The second-order valence-electron chi connectivity index (χ2n) is 6.35. The number of hydrogen-bond acceptors (Lipinski definition) is 5. The van der Waals surface area contributed by atoms with Gasteiger partial charge >= 0.3 is 0 Å². The number of hydrogen-bond donors (Lipinski definition) is 2. The van der Waals surface area contributed by atoms with Gasteiger partial charge in [-0.15, -0.1) is 0 Å². The molecule has 7 nitrogen and oxygen atoms in total. The summed E-state index contributed by atoms with van der Waals surface area (Å²) < 4.78 is 11.1. The Bertz CT molecular complexity index is 704. The number of aryl methyl sites for hydroxylation is 1. The number of nitrogens with one attached hydrogen (secondary N) is 2. The van der Waals surface area contributed by atoms with E-state index in [9.17, 15) is 4.79 Å². The van der Waals surface area contributed by atoms with Crippen LogP contribution in [0.15, 0.2) is 16.8 Å². The van der Waals surface area contributed by atoms with Crippen LogP contribution in [0.1, 0.15) is 59.1 Å². The predicted octanol–water partition coefficient (Wildman–Crippen LogP) is 2.09. The molecule has 1 saturated heterocycles. The Morgan fingerprint density at radius 1 is 1.43 bits per heavy atom. The first-order valence-electron chi connectivity index (χ1n) is 8.09. The Hall–Kier alpha value is -2.15. The molecule has 2 aromatic rings. The number of H-pyrrole nitrogens is 1. The van der Waals surface area contributed by atoms with Crippen LogP contribution < -0.4 is 5.32 Å². The number of ether oxygens (including phenoxy) is 1. The van der Waals surface area contributed by atoms with E-state index in [0.717, 1.165) is 30.7 Å². The fourth-order valence-corrected chi connectivity index (χ4v) is 2.99. The summed E-state index contributed by atoms with van der Waals surface area (Å²) in [7, 11) is 0. The number of amides is 1. The van der Waals surface area contributed by atoms with Crippen molar-refractivity contribution in [1.29, 1.82) is 0 Å². The fraction of sp³-hybridized carbons (Fsp3) is 0.562. The zero-order valence-electron chi connectivity index (χ0n) is 13.0. The fourth-order valence-electron chi connectivity index (χ4n) is 2.99. The molecule has 0 aromatic carbocycles. The van der Waals surface area contributed by atoms with Gasteiger partial charge in [0.15, 0.2) is 5.82 Å². The van der Waals surface area contributed by atoms with Crippen LogP contribution in [0.5, 0.6) is 0 Å². The molecule has 3 heterocycles. The molecule has 0 bridgehead atoms. The second kappa shape index (κ2) is 5.81. The third kappa shape index (κ3) is 2.88. The molecule has 2 aliphatic rings. The van der Waals surface area contributed by atoms with Gasteiger partial charge in [-0.1, -0.05) is 5.16 Å². The van der Waals surface area contributed by atoms with Crippen molar-refractivity contribution < 1.29 is 14.1 Å². The van der Waals surface area contributed by atoms with Crippen molar-refractivity contribution in [2.45, 2.75) is 38.2 Å². The second-order valence-corrected chi connectivity index (χ2v) is 6.35. The quantitative estimate of drug-likeness (QED) is 0.881. The first-order valence-corrected chi connectivity index (χ1v) is 8.09. The van der Waals surface area contributed by atoms with Crippen LogP contribution in [-0.2, 0) is 4.74 Å². The van der Waals surface area contributed by atoms with Gasteiger partial charge < -0.3 is 19.6 Å². The predicted molar refractivity (Wildman–Crippen MR) is 80.9 cm³/mol. The van der Waals surface area contributed by atoms with Crippen LogP contribution in [0.2, 0.25) is 0 Å². The lowest BCUT2D eigenvalue weighted by Crippen LogP contribution is -2.31. The lowest BCUT2D eigenvalue weighted by Gasteiger charge is -2.15. The van der Waals surface area contributed by atoms with Gasteiger partial charge in [-0.2, -0.15) is 4.98 Å². The van der Waals surface area contributed by atoms with Crippen molar-refractivity contribution in [3.05, 3.63) is 35.2 Å². The summed E-state index contributed by atoms with van der Waals surface area (Å²) in [5, 5.41) is 7.02. The highest BCUT2D eigenvalue weighted by atomic mass is 16.5. The van der Waals surface area contributed by atoms with Crippen molar-refractivity contribution in [1.82, 2.24) is 20.4 Å². The Labute approximate surface area is 133 Å². The molecule has 1 aliphatic heterocycles. The van der Waals surface area contributed by atoms with E-state index in [1.54, 1.807) is 6.20 Å². The van der Waals surface area contributed by atoms with Crippen molar-refractivity contribution in [3.8, 4) is 0 Å². The highest BCUT2D eigenvalue weighted by molar-refractivity contribution is 5.93. The normalized spacial score (nSPS) is 24.0. The maximum absolute atomic E-state index is 12.2. The highest BCUT2D eigenvalue weighted by Gasteiger charge is 2.36. The molecule has 2 aromatic heterocycles. The Morgan fingerprint density at radius 2 is 2.30 bits per heavy atom. The SMILES string of the molecule is Cc1cc[nH]c1C(=O)NC[C@@H]1CCO[C@@H]1c1nc(C2CC2)no1. The largest absolute Gasteiger partial charge is 0.368 e. The van der Waals surface area contributed by atoms with Gasteiger partial charge in [0, 0.05) is 31.2 Å². The van der Waals surface area contributed by atoms with Gasteiger partial charge in [0.2, 0.25) is 0 Å². The summed E-state index contributed by atoms with van der Waals surface area (Å²) in [5.74, 6) is 1.85. The average molecular weight is 316 g/mol. The van der Waals surface area contributed by atoms with Crippen LogP contribution in [0, 0.1) is 12.8 Å². The van der Waals surface area contributed by atoms with Crippen LogP contribution >= 0.6 is 0 Å². The van der Waals surface area contributed by atoms with E-state index in [1.165, 1.54) is 0 Å². The molecular formula is C16H20N4O3. The summed E-state index contributed by atoms with van der Waals surface area (Å²) >= 11 is 0. The molecule has 0 radical (unpaired) electrons. The molecule has 2 fully saturated rings. The minimum atomic E-state index is -0.222. The third-order valence-electron chi connectivity index (χ3n) is 4.56. The highest BCUT2D eigenvalue weighted by Crippen LogP contribution is 2.40. The van der Waals surface area contributed by atoms with E-state index in [4.69, 9.17) is 9.26 Å². The zero-order chi connectivity index (χ0) is 15.8. The summed E-state index contributed by atoms with van der Waals surface area (Å²) in [6.45, 7) is 3.09. The summed E-state index contributed by atoms with van der Waals surface area (Å²) in [6, 6.07) is 1.88. The summed E-state index contributed by atoms with van der Waals surface area (Å²) in [5.41, 5.74) is 1.54. The first kappa shape index (κ1) is 14.4. The smallest absolute Gasteiger partial charge is 0.267 e. The number of carbonyl (C=O) groups is 1. The summed E-state index contributed by atoms with van der Waals surface area (Å²) in [6.07, 6.45) is 4.69. The Kier molecular flexibility index (Phi) is 3.65. The van der Waals surface area contributed by atoms with Gasteiger partial charge in [0.05, 0.1) is 0 Å². The van der Waals surface area contributed by atoms with Crippen molar-refractivity contribution in [3.63, 3.8) is 0 Å². The molecule has 0 spiro atoms.